The molecule has 2 aromatic carbocycles. The molecule has 3 aromatic rings. The zero-order valence-electron chi connectivity index (χ0n) is 16.6. The predicted octanol–water partition coefficient (Wildman–Crippen LogP) is 4.35. The molecule has 0 radical (unpaired) electrons. The van der Waals surface area contributed by atoms with E-state index in [0.717, 1.165) is 5.46 Å². The number of methoxy groups -OCH3 is 1. The fraction of sp³-hybridized carbons (Fsp3) is 0.333. The van der Waals surface area contributed by atoms with Gasteiger partial charge in [-0.15, -0.1) is 0 Å². The predicted molar refractivity (Wildman–Crippen MR) is 108 cm³/mol. The molecule has 0 spiro atoms. The van der Waals surface area contributed by atoms with E-state index < -0.39 is 18.3 Å². The highest BCUT2D eigenvalue weighted by Crippen LogP contribution is 2.38. The molecule has 4 rings (SSSR count). The first-order chi connectivity index (χ1) is 13.3. The molecular weight excluding hydrogens is 355 g/mol. The second kappa shape index (κ2) is 6.37. The van der Waals surface area contributed by atoms with Gasteiger partial charge in [-0.2, -0.15) is 0 Å². The van der Waals surface area contributed by atoms with Crippen molar-refractivity contribution in [1.82, 2.24) is 4.98 Å². The van der Waals surface area contributed by atoms with Gasteiger partial charge in [-0.3, -0.25) is 0 Å². The molecule has 0 unspecified atom stereocenters. The Morgan fingerprint density at radius 2 is 1.79 bits per heavy atom. The van der Waals surface area contributed by atoms with Crippen molar-refractivity contribution in [3.63, 3.8) is 0 Å². The summed E-state index contributed by atoms with van der Waals surface area (Å²) in [5.74, 6) is 1.01. The van der Waals surface area contributed by atoms with Crippen molar-refractivity contribution in [3.05, 3.63) is 47.8 Å². The number of benzene rings is 2. The van der Waals surface area contributed by atoms with E-state index in [2.05, 4.69) is 9.83 Å². The zero-order chi connectivity index (χ0) is 20.1. The van der Waals surface area contributed by atoms with Gasteiger partial charge in [-0.25, -0.2) is 9.83 Å². The summed E-state index contributed by atoms with van der Waals surface area (Å²) < 4.78 is 23.7. The van der Waals surface area contributed by atoms with E-state index in [9.17, 15) is 0 Å². The number of ether oxygens (including phenoxy) is 1. The summed E-state index contributed by atoms with van der Waals surface area (Å²) in [6.07, 6.45) is 0. The number of nitrogens with zero attached hydrogens (tertiary/aromatic N) is 2. The summed E-state index contributed by atoms with van der Waals surface area (Å²) >= 11 is 0. The van der Waals surface area contributed by atoms with Crippen LogP contribution in [0, 0.1) is 6.57 Å². The third-order valence-corrected chi connectivity index (χ3v) is 5.50. The maximum absolute atomic E-state index is 7.33. The number of para-hydroxylation sites is 1. The lowest BCUT2D eigenvalue weighted by atomic mass is 9.78. The molecule has 0 bridgehead atoms. The standard InChI is InChI=1S/C21H21BN2O4/c1-20(2)21(3,4)28-22(27-20)13-10-11-16(25-6)14(12-13)19-24-18-15(23-5)8-7-9-17(18)26-19/h7-12H,1-4,6H3. The Hall–Kier alpha value is -2.82. The summed E-state index contributed by atoms with van der Waals surface area (Å²) in [6.45, 7) is 15.4. The largest absolute Gasteiger partial charge is 0.496 e. The molecule has 7 heteroatoms. The van der Waals surface area contributed by atoms with Crippen molar-refractivity contribution in [2.75, 3.05) is 7.11 Å². The summed E-state index contributed by atoms with van der Waals surface area (Å²) in [7, 11) is 1.10. The van der Waals surface area contributed by atoms with Crippen LogP contribution in [0.3, 0.4) is 0 Å². The molecule has 0 atom stereocenters. The molecule has 1 aliphatic rings. The van der Waals surface area contributed by atoms with Gasteiger partial charge in [-0.1, -0.05) is 18.2 Å². The molecule has 1 aromatic heterocycles. The zero-order valence-corrected chi connectivity index (χ0v) is 16.6. The van der Waals surface area contributed by atoms with E-state index in [1.807, 2.05) is 45.9 Å². The average molecular weight is 376 g/mol. The normalized spacial score (nSPS) is 17.6. The number of hydrogen-bond acceptors (Lipinski definition) is 5. The van der Waals surface area contributed by atoms with E-state index in [1.165, 1.54) is 0 Å². The van der Waals surface area contributed by atoms with Gasteiger partial charge in [0.25, 0.3) is 0 Å². The van der Waals surface area contributed by atoms with Gasteiger partial charge in [-0.05, 0) is 51.4 Å². The van der Waals surface area contributed by atoms with Gasteiger partial charge in [0.15, 0.2) is 0 Å². The molecule has 1 saturated heterocycles. The maximum Gasteiger partial charge on any atom is 0.494 e. The highest BCUT2D eigenvalue weighted by atomic mass is 16.7. The van der Waals surface area contributed by atoms with Crippen LogP contribution in [-0.2, 0) is 9.31 Å². The Morgan fingerprint density at radius 3 is 2.43 bits per heavy atom. The first kappa shape index (κ1) is 18.5. The Labute approximate surface area is 164 Å². The number of oxazole rings is 1. The van der Waals surface area contributed by atoms with Crippen LogP contribution in [0.25, 0.3) is 27.4 Å². The summed E-state index contributed by atoms with van der Waals surface area (Å²) in [5.41, 5.74) is 2.22. The fourth-order valence-electron chi connectivity index (χ4n) is 3.16. The highest BCUT2D eigenvalue weighted by molar-refractivity contribution is 6.62. The van der Waals surface area contributed by atoms with Crippen molar-refractivity contribution in [1.29, 1.82) is 0 Å². The monoisotopic (exact) mass is 376 g/mol. The molecule has 1 aliphatic heterocycles. The maximum atomic E-state index is 7.33. The molecule has 0 N–H and O–H groups in total. The second-order valence-electron chi connectivity index (χ2n) is 7.80. The average Bonchev–Trinajstić information content (AvgIpc) is 3.19. The van der Waals surface area contributed by atoms with Gasteiger partial charge in [0.1, 0.15) is 16.8 Å². The molecule has 2 heterocycles. The van der Waals surface area contributed by atoms with Crippen LogP contribution in [-0.4, -0.2) is 30.4 Å². The van der Waals surface area contributed by atoms with Crippen molar-refractivity contribution >= 4 is 29.4 Å². The number of aromatic nitrogens is 1. The Kier molecular flexibility index (Phi) is 4.22. The van der Waals surface area contributed by atoms with E-state index in [-0.39, 0.29) is 0 Å². The summed E-state index contributed by atoms with van der Waals surface area (Å²) in [5, 5.41) is 0. The number of hydrogen-bond donors (Lipinski definition) is 0. The topological polar surface area (TPSA) is 58.1 Å². The third-order valence-electron chi connectivity index (χ3n) is 5.50. The summed E-state index contributed by atoms with van der Waals surface area (Å²) in [4.78, 5) is 8.06. The lowest BCUT2D eigenvalue weighted by molar-refractivity contribution is 0.00578. The molecule has 1 fully saturated rings. The number of rotatable bonds is 3. The molecule has 0 saturated carbocycles. The van der Waals surface area contributed by atoms with Crippen LogP contribution < -0.4 is 10.2 Å². The van der Waals surface area contributed by atoms with E-state index >= 15 is 0 Å². The third kappa shape index (κ3) is 2.86. The van der Waals surface area contributed by atoms with Gasteiger partial charge < -0.3 is 18.5 Å². The minimum Gasteiger partial charge on any atom is -0.496 e. The lowest BCUT2D eigenvalue weighted by Gasteiger charge is -2.32. The van der Waals surface area contributed by atoms with Crippen LogP contribution in [0.4, 0.5) is 5.69 Å². The van der Waals surface area contributed by atoms with Gasteiger partial charge >= 0.3 is 7.12 Å². The van der Waals surface area contributed by atoms with E-state index in [0.29, 0.717) is 34.0 Å². The van der Waals surface area contributed by atoms with Crippen molar-refractivity contribution in [3.8, 4) is 17.2 Å². The van der Waals surface area contributed by atoms with E-state index in [1.54, 1.807) is 25.3 Å². The molecule has 6 nitrogen and oxygen atoms in total. The van der Waals surface area contributed by atoms with Crippen LogP contribution in [0.5, 0.6) is 5.75 Å². The van der Waals surface area contributed by atoms with Crippen LogP contribution >= 0.6 is 0 Å². The minimum atomic E-state index is -0.502. The molecule has 142 valence electrons. The van der Waals surface area contributed by atoms with Crippen LogP contribution in [0.2, 0.25) is 0 Å². The van der Waals surface area contributed by atoms with Crippen molar-refractivity contribution in [2.45, 2.75) is 38.9 Å². The lowest BCUT2D eigenvalue weighted by Crippen LogP contribution is -2.41. The van der Waals surface area contributed by atoms with Crippen LogP contribution in [0.15, 0.2) is 40.8 Å². The molecular formula is C21H21BN2O4. The van der Waals surface area contributed by atoms with Gasteiger partial charge in [0.05, 0.1) is 30.4 Å². The SMILES string of the molecule is [C-]#[N+]c1cccc2oc(-c3cc(B4OC(C)(C)C(C)(C)O4)ccc3OC)nc12. The smallest absolute Gasteiger partial charge is 0.494 e. The first-order valence-corrected chi connectivity index (χ1v) is 9.07. The van der Waals surface area contributed by atoms with Crippen molar-refractivity contribution in [2.24, 2.45) is 0 Å². The second-order valence-corrected chi connectivity index (χ2v) is 7.80. The van der Waals surface area contributed by atoms with Gasteiger partial charge in [0, 0.05) is 0 Å². The molecule has 0 amide bonds. The minimum absolute atomic E-state index is 0.390. The molecule has 0 aliphatic carbocycles. The fourth-order valence-corrected chi connectivity index (χ4v) is 3.16. The quantitative estimate of drug-likeness (QED) is 0.502. The number of fused-ring (bicyclic) bond motifs is 1. The van der Waals surface area contributed by atoms with E-state index in [4.69, 9.17) is 25.0 Å². The Morgan fingerprint density at radius 1 is 1.07 bits per heavy atom. The summed E-state index contributed by atoms with van der Waals surface area (Å²) in [6, 6.07) is 11.0. The first-order valence-electron chi connectivity index (χ1n) is 9.07. The molecule has 28 heavy (non-hydrogen) atoms. The van der Waals surface area contributed by atoms with Crippen molar-refractivity contribution < 1.29 is 18.5 Å². The van der Waals surface area contributed by atoms with Crippen LogP contribution in [0.1, 0.15) is 27.7 Å². The van der Waals surface area contributed by atoms with Gasteiger partial charge in [0.2, 0.25) is 11.6 Å². The Bertz CT molecular complexity index is 1080. The highest BCUT2D eigenvalue weighted by Gasteiger charge is 2.51. The Balaban J connectivity index is 1.80.